The van der Waals surface area contributed by atoms with Gasteiger partial charge in [-0.15, -0.1) is 0 Å². The predicted octanol–water partition coefficient (Wildman–Crippen LogP) is 3.83. The Hall–Kier alpha value is -3.86. The summed E-state index contributed by atoms with van der Waals surface area (Å²) in [6, 6.07) is 8.76. The molecule has 0 aliphatic carbocycles. The van der Waals surface area contributed by atoms with Gasteiger partial charge in [0.25, 0.3) is 5.56 Å². The second-order valence-electron chi connectivity index (χ2n) is 7.87. The van der Waals surface area contributed by atoms with Gasteiger partial charge in [-0.25, -0.2) is 9.79 Å². The fourth-order valence-electron chi connectivity index (χ4n) is 3.91. The van der Waals surface area contributed by atoms with E-state index in [-0.39, 0.29) is 10.1 Å². The lowest BCUT2D eigenvalue weighted by Gasteiger charge is -2.23. The van der Waals surface area contributed by atoms with Gasteiger partial charge >= 0.3 is 12.1 Å². The first kappa shape index (κ1) is 26.2. The summed E-state index contributed by atoms with van der Waals surface area (Å²) in [6.07, 6.45) is -1.60. The van der Waals surface area contributed by atoms with E-state index in [1.807, 2.05) is 13.8 Å². The highest BCUT2D eigenvalue weighted by atomic mass is 32.1. The molecule has 2 heterocycles. The molecule has 0 N–H and O–H groups in total. The zero-order valence-electron chi connectivity index (χ0n) is 20.2. The number of ether oxygens (including phenoxy) is 3. The van der Waals surface area contributed by atoms with E-state index in [1.165, 1.54) is 36.1 Å². The van der Waals surface area contributed by atoms with Crippen molar-refractivity contribution in [3.63, 3.8) is 0 Å². The molecule has 0 fully saturated rings. The lowest BCUT2D eigenvalue weighted by molar-refractivity contribution is -0.138. The standard InChI is InChI=1S/C26H23F3N2O5S/c1-4-35-19-11-8-16(13-20(19)36-5-2)22-18(24(33)34-3)14-30-25-31(22)23(32)21(37-25)12-15-6-9-17(10-7-15)26(27,28)29/h6-14,22H,4-5H2,1-3H3/b21-12-/t22-/m0/s1. The van der Waals surface area contributed by atoms with E-state index in [9.17, 15) is 22.8 Å². The first-order valence-electron chi connectivity index (χ1n) is 11.3. The number of alkyl halides is 3. The fourth-order valence-corrected chi connectivity index (χ4v) is 4.88. The number of fused-ring (bicyclic) bond motifs is 1. The summed E-state index contributed by atoms with van der Waals surface area (Å²) in [5, 5.41) is 0. The summed E-state index contributed by atoms with van der Waals surface area (Å²) < 4.78 is 56.7. The number of aromatic nitrogens is 1. The maximum atomic E-state index is 13.5. The van der Waals surface area contributed by atoms with Gasteiger partial charge in [0.1, 0.15) is 0 Å². The van der Waals surface area contributed by atoms with Crippen LogP contribution in [0.2, 0.25) is 0 Å². The predicted molar refractivity (Wildman–Crippen MR) is 131 cm³/mol. The number of carbonyl (C=O) groups excluding carboxylic acids is 1. The Kier molecular flexibility index (Phi) is 7.53. The molecule has 0 amide bonds. The van der Waals surface area contributed by atoms with Crippen LogP contribution in [0.4, 0.5) is 13.2 Å². The van der Waals surface area contributed by atoms with Crippen molar-refractivity contribution in [2.45, 2.75) is 26.1 Å². The largest absolute Gasteiger partial charge is 0.490 e. The molecule has 0 bridgehead atoms. The molecule has 3 aromatic rings. The van der Waals surface area contributed by atoms with Crippen LogP contribution >= 0.6 is 11.3 Å². The molecule has 1 aromatic heterocycles. The second kappa shape index (κ2) is 10.6. The average Bonchev–Trinajstić information content (AvgIpc) is 3.19. The zero-order valence-corrected chi connectivity index (χ0v) is 21.0. The van der Waals surface area contributed by atoms with Gasteiger partial charge in [0, 0.05) is 6.20 Å². The number of hydrogen-bond donors (Lipinski definition) is 0. The van der Waals surface area contributed by atoms with Gasteiger partial charge in [0.05, 0.1) is 42.0 Å². The molecule has 194 valence electrons. The highest BCUT2D eigenvalue weighted by Gasteiger charge is 2.32. The molecule has 0 saturated carbocycles. The minimum atomic E-state index is -4.46. The zero-order chi connectivity index (χ0) is 26.7. The molecular weight excluding hydrogens is 509 g/mol. The maximum absolute atomic E-state index is 13.5. The number of nitrogens with zero attached hydrogens (tertiary/aromatic N) is 2. The van der Waals surface area contributed by atoms with Crippen LogP contribution in [0.3, 0.4) is 0 Å². The molecule has 11 heteroatoms. The molecule has 2 aromatic carbocycles. The van der Waals surface area contributed by atoms with Crippen LogP contribution in [-0.2, 0) is 15.7 Å². The van der Waals surface area contributed by atoms with Gasteiger partial charge in [0.15, 0.2) is 16.3 Å². The van der Waals surface area contributed by atoms with E-state index < -0.39 is 29.3 Å². The normalized spacial score (nSPS) is 15.5. The number of methoxy groups -OCH3 is 1. The van der Waals surface area contributed by atoms with Crippen LogP contribution in [0.5, 0.6) is 11.5 Å². The number of carbonyl (C=O) groups is 1. The van der Waals surface area contributed by atoms with Crippen molar-refractivity contribution in [3.8, 4) is 11.5 Å². The Morgan fingerprint density at radius 2 is 1.76 bits per heavy atom. The van der Waals surface area contributed by atoms with Crippen molar-refractivity contribution in [3.05, 3.63) is 90.6 Å². The van der Waals surface area contributed by atoms with Crippen LogP contribution in [0.15, 0.2) is 64.0 Å². The van der Waals surface area contributed by atoms with Crippen molar-refractivity contribution >= 4 is 23.4 Å². The Labute approximate surface area is 213 Å². The molecule has 0 saturated heterocycles. The molecule has 1 aliphatic heterocycles. The molecule has 1 atom stereocenters. The third kappa shape index (κ3) is 5.31. The van der Waals surface area contributed by atoms with E-state index in [0.29, 0.717) is 40.6 Å². The SMILES string of the molecule is CCOc1ccc([C@H]2C(C(=O)OC)=CN=c3s/c(=C\c4ccc(C(F)(F)F)cc4)c(=O)n32)cc1OCC. The fraction of sp³-hybridized carbons (Fsp3) is 0.269. The van der Waals surface area contributed by atoms with E-state index in [4.69, 9.17) is 14.2 Å². The van der Waals surface area contributed by atoms with E-state index in [0.717, 1.165) is 23.5 Å². The second-order valence-corrected chi connectivity index (χ2v) is 8.88. The summed E-state index contributed by atoms with van der Waals surface area (Å²) in [6.45, 7) is 4.47. The summed E-state index contributed by atoms with van der Waals surface area (Å²) >= 11 is 1.07. The molecule has 0 radical (unpaired) electrons. The number of esters is 1. The summed E-state index contributed by atoms with van der Waals surface area (Å²) in [5.41, 5.74) is -0.102. The summed E-state index contributed by atoms with van der Waals surface area (Å²) in [4.78, 5) is 30.8. The number of benzene rings is 2. The van der Waals surface area contributed by atoms with Gasteiger partial charge in [-0.05, 0) is 55.3 Å². The van der Waals surface area contributed by atoms with Crippen LogP contribution in [-0.4, -0.2) is 30.9 Å². The van der Waals surface area contributed by atoms with Crippen LogP contribution in [0.25, 0.3) is 6.08 Å². The van der Waals surface area contributed by atoms with Crippen LogP contribution < -0.4 is 24.4 Å². The average molecular weight is 533 g/mol. The monoisotopic (exact) mass is 532 g/mol. The molecule has 37 heavy (non-hydrogen) atoms. The van der Waals surface area contributed by atoms with Gasteiger partial charge < -0.3 is 14.2 Å². The molecule has 1 aliphatic rings. The maximum Gasteiger partial charge on any atom is 0.416 e. The van der Waals surface area contributed by atoms with E-state index in [2.05, 4.69) is 4.99 Å². The lowest BCUT2D eigenvalue weighted by Crippen LogP contribution is -2.39. The number of rotatable bonds is 7. The van der Waals surface area contributed by atoms with Crippen molar-refractivity contribution in [2.24, 2.45) is 4.99 Å². The van der Waals surface area contributed by atoms with Crippen molar-refractivity contribution in [1.29, 1.82) is 0 Å². The third-order valence-corrected chi connectivity index (χ3v) is 6.54. The van der Waals surface area contributed by atoms with Gasteiger partial charge in [0.2, 0.25) is 0 Å². The summed E-state index contributed by atoms with van der Waals surface area (Å²) in [7, 11) is 1.24. The van der Waals surface area contributed by atoms with Crippen LogP contribution in [0.1, 0.15) is 36.6 Å². The lowest BCUT2D eigenvalue weighted by atomic mass is 9.97. The van der Waals surface area contributed by atoms with Crippen LogP contribution in [0, 0.1) is 0 Å². The van der Waals surface area contributed by atoms with Gasteiger partial charge in [-0.2, -0.15) is 13.2 Å². The Balaban J connectivity index is 1.86. The van der Waals surface area contributed by atoms with E-state index in [1.54, 1.807) is 18.2 Å². The van der Waals surface area contributed by atoms with Crippen molar-refractivity contribution in [1.82, 2.24) is 4.57 Å². The topological polar surface area (TPSA) is 79.1 Å². The first-order chi connectivity index (χ1) is 17.7. The Morgan fingerprint density at radius 3 is 2.38 bits per heavy atom. The molecule has 0 spiro atoms. The third-order valence-electron chi connectivity index (χ3n) is 5.54. The van der Waals surface area contributed by atoms with Crippen molar-refractivity contribution < 1.29 is 32.2 Å². The molecule has 7 nitrogen and oxygen atoms in total. The number of halogens is 3. The van der Waals surface area contributed by atoms with E-state index >= 15 is 0 Å². The minimum absolute atomic E-state index is 0.141. The highest BCUT2D eigenvalue weighted by Crippen LogP contribution is 2.35. The minimum Gasteiger partial charge on any atom is -0.490 e. The number of hydrogen-bond acceptors (Lipinski definition) is 7. The van der Waals surface area contributed by atoms with Crippen molar-refractivity contribution in [2.75, 3.05) is 20.3 Å². The molecule has 0 unspecified atom stereocenters. The quantitative estimate of drug-likeness (QED) is 0.432. The smallest absolute Gasteiger partial charge is 0.416 e. The first-order valence-corrected chi connectivity index (χ1v) is 12.2. The van der Waals surface area contributed by atoms with Gasteiger partial charge in [-0.1, -0.05) is 29.5 Å². The summed E-state index contributed by atoms with van der Waals surface area (Å²) in [5.74, 6) is 0.318. The van der Waals surface area contributed by atoms with Gasteiger partial charge in [-0.3, -0.25) is 9.36 Å². The highest BCUT2D eigenvalue weighted by molar-refractivity contribution is 7.07. The molecular formula is C26H23F3N2O5S. The number of thiazole rings is 1. The Bertz CT molecular complexity index is 1520. The molecule has 4 rings (SSSR count). The Morgan fingerprint density at radius 1 is 1.08 bits per heavy atom.